The Kier molecular flexibility index (Phi) is 4.41. The molecule has 4 aliphatic rings. The van der Waals surface area contributed by atoms with E-state index in [1.165, 1.54) is 6.92 Å². The molecule has 0 heterocycles. The van der Waals surface area contributed by atoms with Gasteiger partial charge in [-0.2, -0.15) is 0 Å². The molecule has 1 amide bonds. The van der Waals surface area contributed by atoms with E-state index >= 15 is 0 Å². The van der Waals surface area contributed by atoms with Crippen molar-refractivity contribution in [3.8, 4) is 11.8 Å². The van der Waals surface area contributed by atoms with Gasteiger partial charge in [-0.15, -0.1) is 5.92 Å². The number of nitrogens with one attached hydrogen (secondary N) is 1. The summed E-state index contributed by atoms with van der Waals surface area (Å²) >= 11 is 0. The summed E-state index contributed by atoms with van der Waals surface area (Å²) in [7, 11) is 0. The maximum absolute atomic E-state index is 12.7. The fraction of sp³-hybridized carbons (Fsp3) is 0.625. The third-order valence-corrected chi connectivity index (χ3v) is 8.06. The van der Waals surface area contributed by atoms with Gasteiger partial charge in [-0.3, -0.25) is 14.4 Å². The van der Waals surface area contributed by atoms with Crippen molar-refractivity contribution < 1.29 is 14.4 Å². The molecule has 0 aliphatic heterocycles. The molecule has 5 atom stereocenters. The first kappa shape index (κ1) is 19.2. The van der Waals surface area contributed by atoms with Crippen LogP contribution in [0.15, 0.2) is 22.9 Å². The molecule has 0 bridgehead atoms. The average molecular weight is 380 g/mol. The van der Waals surface area contributed by atoms with E-state index in [2.05, 4.69) is 37.1 Å². The van der Waals surface area contributed by atoms with Crippen LogP contribution in [0.25, 0.3) is 0 Å². The SMILES string of the molecule is CC#CC1=CC2=C(NC(C)=O)C(=O)CC[C@]2(C)[C@H]2CC[C@]3(C)C(=O)CC[C@H]3[C@H]12. The molecule has 1 N–H and O–H groups in total. The summed E-state index contributed by atoms with van der Waals surface area (Å²) in [4.78, 5) is 37.1. The molecule has 0 aromatic rings. The Hall–Kier alpha value is -2.15. The number of hydrogen-bond acceptors (Lipinski definition) is 3. The van der Waals surface area contributed by atoms with Crippen molar-refractivity contribution in [2.75, 3.05) is 0 Å². The van der Waals surface area contributed by atoms with E-state index < -0.39 is 0 Å². The minimum Gasteiger partial charge on any atom is -0.323 e. The lowest BCUT2D eigenvalue weighted by Gasteiger charge is -2.56. The van der Waals surface area contributed by atoms with Gasteiger partial charge in [0.15, 0.2) is 5.78 Å². The van der Waals surface area contributed by atoms with Crippen molar-refractivity contribution in [2.24, 2.45) is 28.6 Å². The van der Waals surface area contributed by atoms with Crippen molar-refractivity contribution in [3.05, 3.63) is 22.9 Å². The summed E-state index contributed by atoms with van der Waals surface area (Å²) < 4.78 is 0. The smallest absolute Gasteiger partial charge is 0.221 e. The molecule has 4 rings (SSSR count). The summed E-state index contributed by atoms with van der Waals surface area (Å²) in [6, 6.07) is 0. The third kappa shape index (κ3) is 2.55. The van der Waals surface area contributed by atoms with Crippen LogP contribution in [0.1, 0.15) is 66.2 Å². The molecule has 28 heavy (non-hydrogen) atoms. The lowest BCUT2D eigenvalue weighted by Crippen LogP contribution is -2.51. The van der Waals surface area contributed by atoms with Gasteiger partial charge in [-0.1, -0.05) is 19.8 Å². The highest BCUT2D eigenvalue weighted by atomic mass is 16.2. The van der Waals surface area contributed by atoms with E-state index in [4.69, 9.17) is 0 Å². The first-order valence-corrected chi connectivity index (χ1v) is 10.5. The van der Waals surface area contributed by atoms with Crippen LogP contribution >= 0.6 is 0 Å². The molecule has 0 spiro atoms. The summed E-state index contributed by atoms with van der Waals surface area (Å²) in [5.41, 5.74) is 2.06. The first-order valence-electron chi connectivity index (χ1n) is 10.5. The number of fused-ring (bicyclic) bond motifs is 5. The van der Waals surface area contributed by atoms with E-state index in [1.807, 2.05) is 6.92 Å². The number of Topliss-reactive ketones (excluding diaryl/α,β-unsaturated/α-hetero) is 2. The van der Waals surface area contributed by atoms with Gasteiger partial charge in [-0.25, -0.2) is 0 Å². The molecule has 148 valence electrons. The molecular weight excluding hydrogens is 350 g/mol. The van der Waals surface area contributed by atoms with E-state index in [1.54, 1.807) is 0 Å². The van der Waals surface area contributed by atoms with Crippen molar-refractivity contribution in [3.63, 3.8) is 0 Å². The van der Waals surface area contributed by atoms with Gasteiger partial charge in [0, 0.05) is 30.8 Å². The summed E-state index contributed by atoms with van der Waals surface area (Å²) in [5, 5.41) is 2.82. The standard InChI is InChI=1S/C24H29NO3/c1-5-6-15-13-18-22(25-14(2)26)19(27)10-12-23(18,3)17-9-11-24(4)16(21(15)17)7-8-20(24)28/h13,16-17,21H,7-12H2,1-4H3,(H,25,26)/t16-,17-,21-,23+,24-/m0/s1. The summed E-state index contributed by atoms with van der Waals surface area (Å²) in [6.07, 6.45) is 6.82. The fourth-order valence-electron chi connectivity index (χ4n) is 6.58. The van der Waals surface area contributed by atoms with Crippen molar-refractivity contribution in [1.82, 2.24) is 5.32 Å². The number of carbonyl (C=O) groups is 3. The van der Waals surface area contributed by atoms with Gasteiger partial charge in [0.2, 0.25) is 5.91 Å². The Balaban J connectivity index is 1.92. The lowest BCUT2D eigenvalue weighted by molar-refractivity contribution is -0.131. The van der Waals surface area contributed by atoms with Gasteiger partial charge in [0.05, 0.1) is 5.70 Å². The highest BCUT2D eigenvalue weighted by molar-refractivity contribution is 6.01. The van der Waals surface area contributed by atoms with Crippen LogP contribution in [0.4, 0.5) is 0 Å². The number of rotatable bonds is 1. The zero-order chi connectivity index (χ0) is 20.3. The van der Waals surface area contributed by atoms with Gasteiger partial charge in [0.1, 0.15) is 5.78 Å². The maximum Gasteiger partial charge on any atom is 0.221 e. The topological polar surface area (TPSA) is 63.2 Å². The molecule has 4 aliphatic carbocycles. The van der Waals surface area contributed by atoms with Gasteiger partial charge in [-0.05, 0) is 67.4 Å². The Morgan fingerprint density at radius 3 is 2.50 bits per heavy atom. The number of ketones is 2. The number of amides is 1. The molecule has 0 radical (unpaired) electrons. The van der Waals surface area contributed by atoms with E-state index in [0.717, 1.165) is 36.8 Å². The molecular formula is C24H29NO3. The normalized spacial score (nSPS) is 39.3. The van der Waals surface area contributed by atoms with Crippen molar-refractivity contribution in [2.45, 2.75) is 66.2 Å². The van der Waals surface area contributed by atoms with E-state index in [9.17, 15) is 14.4 Å². The predicted octanol–water partition coefficient (Wildman–Crippen LogP) is 3.72. The van der Waals surface area contributed by atoms with E-state index in [0.29, 0.717) is 36.2 Å². The zero-order valence-electron chi connectivity index (χ0n) is 17.3. The Bertz CT molecular complexity index is 899. The molecule has 4 heteroatoms. The minimum absolute atomic E-state index is 0.0119. The molecule has 0 aromatic heterocycles. The Morgan fingerprint density at radius 2 is 1.82 bits per heavy atom. The largest absolute Gasteiger partial charge is 0.323 e. The molecule has 2 fully saturated rings. The van der Waals surface area contributed by atoms with Gasteiger partial charge >= 0.3 is 0 Å². The average Bonchev–Trinajstić information content (AvgIpc) is 2.94. The Labute approximate surface area is 167 Å². The first-order chi connectivity index (χ1) is 13.2. The van der Waals surface area contributed by atoms with Crippen LogP contribution < -0.4 is 5.32 Å². The molecule has 4 nitrogen and oxygen atoms in total. The van der Waals surface area contributed by atoms with Gasteiger partial charge in [0.25, 0.3) is 0 Å². The second-order valence-electron chi connectivity index (χ2n) is 9.44. The molecule has 0 aromatic carbocycles. The quantitative estimate of drug-likeness (QED) is 0.706. The van der Waals surface area contributed by atoms with Crippen LogP contribution in [0.5, 0.6) is 0 Å². The van der Waals surface area contributed by atoms with Crippen LogP contribution in [0, 0.1) is 40.4 Å². The van der Waals surface area contributed by atoms with Crippen LogP contribution in [-0.2, 0) is 14.4 Å². The number of hydrogen-bond donors (Lipinski definition) is 1. The van der Waals surface area contributed by atoms with Crippen molar-refractivity contribution in [1.29, 1.82) is 0 Å². The highest BCUT2D eigenvalue weighted by Gasteiger charge is 2.60. The molecule has 2 saturated carbocycles. The van der Waals surface area contributed by atoms with Gasteiger partial charge < -0.3 is 5.32 Å². The second kappa shape index (κ2) is 6.44. The Morgan fingerprint density at radius 1 is 1.11 bits per heavy atom. The predicted molar refractivity (Wildman–Crippen MR) is 107 cm³/mol. The number of carbonyl (C=O) groups excluding carboxylic acids is 3. The minimum atomic E-state index is -0.238. The summed E-state index contributed by atoms with van der Waals surface area (Å²) in [6.45, 7) is 7.69. The lowest BCUT2D eigenvalue weighted by atomic mass is 9.47. The number of allylic oxidation sites excluding steroid dienone is 4. The summed E-state index contributed by atoms with van der Waals surface area (Å²) in [5.74, 6) is 7.50. The van der Waals surface area contributed by atoms with Crippen LogP contribution in [-0.4, -0.2) is 17.5 Å². The second-order valence-corrected chi connectivity index (χ2v) is 9.44. The van der Waals surface area contributed by atoms with Crippen LogP contribution in [0.3, 0.4) is 0 Å². The zero-order valence-corrected chi connectivity index (χ0v) is 17.3. The van der Waals surface area contributed by atoms with Crippen LogP contribution in [0.2, 0.25) is 0 Å². The monoisotopic (exact) mass is 379 g/mol. The molecule has 0 saturated heterocycles. The highest BCUT2D eigenvalue weighted by Crippen LogP contribution is 2.64. The van der Waals surface area contributed by atoms with Crippen molar-refractivity contribution >= 4 is 17.5 Å². The fourth-order valence-corrected chi connectivity index (χ4v) is 6.58. The third-order valence-electron chi connectivity index (χ3n) is 8.06. The molecule has 0 unspecified atom stereocenters. The van der Waals surface area contributed by atoms with E-state index in [-0.39, 0.29) is 28.4 Å². The maximum atomic E-state index is 12.7.